The number of thiophene rings is 1. The summed E-state index contributed by atoms with van der Waals surface area (Å²) in [4.78, 5) is 15.3. The maximum Gasteiger partial charge on any atom is 0.140 e. The molecule has 3 fully saturated rings. The van der Waals surface area contributed by atoms with Crippen molar-refractivity contribution in [2.75, 3.05) is 31.1 Å². The van der Waals surface area contributed by atoms with Crippen molar-refractivity contribution in [2.24, 2.45) is 11.8 Å². The normalized spacial score (nSPS) is 32.2. The summed E-state index contributed by atoms with van der Waals surface area (Å²) >= 11 is 1.71. The molecular weight excluding hydrogens is 292 g/mol. The average Bonchev–Trinajstić information content (AvgIpc) is 3.30. The van der Waals surface area contributed by atoms with E-state index in [0.717, 1.165) is 41.6 Å². The molecule has 0 amide bonds. The molecule has 5 heteroatoms. The van der Waals surface area contributed by atoms with Gasteiger partial charge in [-0.05, 0) is 42.5 Å². The Bertz CT molecular complexity index is 676. The smallest absolute Gasteiger partial charge is 0.140 e. The topological polar surface area (TPSA) is 32.3 Å². The maximum atomic E-state index is 4.57. The third-order valence-corrected chi connectivity index (χ3v) is 6.85. The van der Waals surface area contributed by atoms with E-state index < -0.39 is 0 Å². The zero-order valence-electron chi connectivity index (χ0n) is 12.8. The molecule has 3 aliphatic rings. The van der Waals surface area contributed by atoms with E-state index in [4.69, 9.17) is 0 Å². The van der Waals surface area contributed by atoms with Crippen molar-refractivity contribution in [3.63, 3.8) is 0 Å². The summed E-state index contributed by atoms with van der Waals surface area (Å²) in [6.45, 7) is 4.61. The Morgan fingerprint density at radius 3 is 2.73 bits per heavy atom. The molecule has 3 heterocycles. The number of piperazine rings is 1. The van der Waals surface area contributed by atoms with Crippen molar-refractivity contribution < 1.29 is 0 Å². The third-order valence-electron chi connectivity index (χ3n) is 6.02. The fraction of sp³-hybridized carbons (Fsp3) is 0.647. The maximum absolute atomic E-state index is 4.57. The van der Waals surface area contributed by atoms with Gasteiger partial charge in [-0.15, -0.1) is 11.3 Å². The van der Waals surface area contributed by atoms with Gasteiger partial charge in [0.2, 0.25) is 0 Å². The van der Waals surface area contributed by atoms with E-state index in [1.165, 1.54) is 44.2 Å². The highest BCUT2D eigenvalue weighted by Crippen LogP contribution is 2.46. The van der Waals surface area contributed by atoms with Crippen LogP contribution in [0.3, 0.4) is 0 Å². The predicted molar refractivity (Wildman–Crippen MR) is 90.4 cm³/mol. The Balaban J connectivity index is 1.31. The number of anilines is 1. The number of nitrogens with zero attached hydrogens (tertiary/aromatic N) is 4. The summed E-state index contributed by atoms with van der Waals surface area (Å²) in [5.74, 6) is 3.18. The summed E-state index contributed by atoms with van der Waals surface area (Å²) < 4.78 is 0. The molecule has 0 radical (unpaired) electrons. The van der Waals surface area contributed by atoms with Crippen LogP contribution in [-0.2, 0) is 0 Å². The van der Waals surface area contributed by atoms with E-state index in [0.29, 0.717) is 0 Å². The van der Waals surface area contributed by atoms with E-state index >= 15 is 0 Å². The summed E-state index contributed by atoms with van der Waals surface area (Å²) in [7, 11) is 0. The molecule has 22 heavy (non-hydrogen) atoms. The lowest BCUT2D eigenvalue weighted by atomic mass is 9.93. The van der Waals surface area contributed by atoms with Crippen LogP contribution in [0.1, 0.15) is 25.7 Å². The Hall–Kier alpha value is -1.20. The monoisotopic (exact) mass is 314 g/mol. The van der Waals surface area contributed by atoms with Gasteiger partial charge in [0.1, 0.15) is 17.0 Å². The van der Waals surface area contributed by atoms with Crippen LogP contribution < -0.4 is 4.90 Å². The van der Waals surface area contributed by atoms with Crippen molar-refractivity contribution in [2.45, 2.75) is 31.7 Å². The second kappa shape index (κ2) is 5.17. The first kappa shape index (κ1) is 13.3. The van der Waals surface area contributed by atoms with E-state index in [-0.39, 0.29) is 0 Å². The SMILES string of the molecule is c1nc(N2CCN(C3CC4CCC3C4)CC2)c2ccsc2n1. The standard InChI is InChI=1S/C17H22N4S/c1-2-13-9-12(1)10-15(13)20-4-6-21(7-5-20)16-14-3-8-22-17(14)19-11-18-16/h3,8,11-13,15H,1-2,4-7,9-10H2. The van der Waals surface area contributed by atoms with Gasteiger partial charge in [-0.1, -0.05) is 6.42 Å². The van der Waals surface area contributed by atoms with Crippen LogP contribution in [0.25, 0.3) is 10.2 Å². The van der Waals surface area contributed by atoms with Gasteiger partial charge < -0.3 is 4.90 Å². The Kier molecular flexibility index (Phi) is 3.11. The number of hydrogen-bond acceptors (Lipinski definition) is 5. The number of aromatic nitrogens is 2. The second-order valence-electron chi connectivity index (χ2n) is 7.10. The highest BCUT2D eigenvalue weighted by Gasteiger charge is 2.42. The molecule has 1 aliphatic heterocycles. The first-order valence-corrected chi connectivity index (χ1v) is 9.43. The molecule has 2 aromatic heterocycles. The van der Waals surface area contributed by atoms with Crippen molar-refractivity contribution in [3.05, 3.63) is 17.8 Å². The zero-order valence-corrected chi connectivity index (χ0v) is 13.6. The lowest BCUT2D eigenvalue weighted by molar-refractivity contribution is 0.135. The van der Waals surface area contributed by atoms with Gasteiger partial charge in [0, 0.05) is 32.2 Å². The third kappa shape index (κ3) is 2.06. The number of hydrogen-bond donors (Lipinski definition) is 0. The quantitative estimate of drug-likeness (QED) is 0.853. The van der Waals surface area contributed by atoms with Crippen molar-refractivity contribution >= 4 is 27.4 Å². The minimum atomic E-state index is 0.882. The fourth-order valence-corrected chi connectivity index (χ4v) is 5.68. The molecule has 116 valence electrons. The van der Waals surface area contributed by atoms with E-state index in [1.54, 1.807) is 17.7 Å². The predicted octanol–water partition coefficient (Wildman–Crippen LogP) is 3.00. The Morgan fingerprint density at radius 1 is 1.05 bits per heavy atom. The Labute approximate surface area is 135 Å². The average molecular weight is 314 g/mol. The summed E-state index contributed by atoms with van der Waals surface area (Å²) in [5, 5.41) is 3.34. The molecule has 2 aliphatic carbocycles. The lowest BCUT2D eigenvalue weighted by Gasteiger charge is -2.41. The van der Waals surface area contributed by atoms with Gasteiger partial charge in [-0.3, -0.25) is 4.90 Å². The summed E-state index contributed by atoms with van der Waals surface area (Å²) in [5.41, 5.74) is 0. The van der Waals surface area contributed by atoms with Crippen LogP contribution in [0.15, 0.2) is 17.8 Å². The largest absolute Gasteiger partial charge is 0.353 e. The van der Waals surface area contributed by atoms with Gasteiger partial charge >= 0.3 is 0 Å². The molecular formula is C17H22N4S. The molecule has 2 aromatic rings. The van der Waals surface area contributed by atoms with Crippen LogP contribution in [0.5, 0.6) is 0 Å². The van der Waals surface area contributed by atoms with Crippen LogP contribution in [0.4, 0.5) is 5.82 Å². The van der Waals surface area contributed by atoms with Gasteiger partial charge in [0.15, 0.2) is 0 Å². The van der Waals surface area contributed by atoms with E-state index in [9.17, 15) is 0 Å². The number of rotatable bonds is 2. The molecule has 3 atom stereocenters. The van der Waals surface area contributed by atoms with Crippen molar-refractivity contribution in [3.8, 4) is 0 Å². The molecule has 0 spiro atoms. The van der Waals surface area contributed by atoms with Crippen molar-refractivity contribution in [1.29, 1.82) is 0 Å². The Morgan fingerprint density at radius 2 is 1.95 bits per heavy atom. The van der Waals surface area contributed by atoms with Gasteiger partial charge in [-0.25, -0.2) is 9.97 Å². The minimum Gasteiger partial charge on any atom is -0.353 e. The molecule has 1 saturated heterocycles. The molecule has 0 aromatic carbocycles. The summed E-state index contributed by atoms with van der Waals surface area (Å²) in [6, 6.07) is 3.05. The molecule has 2 bridgehead atoms. The second-order valence-corrected chi connectivity index (χ2v) is 8.00. The lowest BCUT2D eigenvalue weighted by Crippen LogP contribution is -2.52. The van der Waals surface area contributed by atoms with Crippen LogP contribution in [0, 0.1) is 11.8 Å². The zero-order chi connectivity index (χ0) is 14.5. The molecule has 4 nitrogen and oxygen atoms in total. The molecule has 5 rings (SSSR count). The van der Waals surface area contributed by atoms with Gasteiger partial charge in [0.25, 0.3) is 0 Å². The van der Waals surface area contributed by atoms with Gasteiger partial charge in [-0.2, -0.15) is 0 Å². The molecule has 2 saturated carbocycles. The molecule has 3 unspecified atom stereocenters. The van der Waals surface area contributed by atoms with Gasteiger partial charge in [0.05, 0.1) is 5.39 Å². The summed E-state index contributed by atoms with van der Waals surface area (Å²) in [6.07, 6.45) is 7.67. The number of fused-ring (bicyclic) bond motifs is 3. The van der Waals surface area contributed by atoms with E-state index in [2.05, 4.69) is 31.2 Å². The fourth-order valence-electron chi connectivity index (χ4n) is 4.95. The highest BCUT2D eigenvalue weighted by molar-refractivity contribution is 7.16. The minimum absolute atomic E-state index is 0.882. The first-order valence-electron chi connectivity index (χ1n) is 8.55. The van der Waals surface area contributed by atoms with Crippen LogP contribution in [0.2, 0.25) is 0 Å². The van der Waals surface area contributed by atoms with E-state index in [1.807, 2.05) is 0 Å². The van der Waals surface area contributed by atoms with Crippen LogP contribution >= 0.6 is 11.3 Å². The first-order chi connectivity index (χ1) is 10.9. The van der Waals surface area contributed by atoms with Crippen LogP contribution in [-0.4, -0.2) is 47.1 Å². The molecule has 0 N–H and O–H groups in total. The van der Waals surface area contributed by atoms with Crippen molar-refractivity contribution in [1.82, 2.24) is 14.9 Å². The highest BCUT2D eigenvalue weighted by atomic mass is 32.1.